The average molecular weight is 257 g/mol. The van der Waals surface area contributed by atoms with Gasteiger partial charge in [0, 0.05) is 11.9 Å². The number of aromatic nitrogens is 3. The maximum absolute atomic E-state index is 5.25. The first kappa shape index (κ1) is 11.5. The first-order chi connectivity index (χ1) is 8.78. The van der Waals surface area contributed by atoms with E-state index in [1.807, 2.05) is 12.1 Å². The van der Waals surface area contributed by atoms with E-state index < -0.39 is 0 Å². The molecule has 0 radical (unpaired) electrons. The second kappa shape index (κ2) is 4.61. The minimum atomic E-state index is 0.641. The van der Waals surface area contributed by atoms with E-state index in [4.69, 9.17) is 12.2 Å². The van der Waals surface area contributed by atoms with Crippen molar-refractivity contribution in [1.29, 1.82) is 0 Å². The highest BCUT2D eigenvalue weighted by molar-refractivity contribution is 7.71. The van der Waals surface area contributed by atoms with Gasteiger partial charge in [-0.2, -0.15) is 0 Å². The monoisotopic (exact) mass is 257 g/mol. The van der Waals surface area contributed by atoms with E-state index in [1.165, 1.54) is 24.1 Å². The van der Waals surface area contributed by atoms with Gasteiger partial charge in [-0.25, -0.2) is 4.98 Å². The summed E-state index contributed by atoms with van der Waals surface area (Å²) < 4.78 is 0.651. The van der Waals surface area contributed by atoms with Crippen molar-refractivity contribution >= 4 is 12.2 Å². The molecule has 2 aromatic heterocycles. The van der Waals surface area contributed by atoms with Crippen molar-refractivity contribution in [3.8, 4) is 11.5 Å². The Morgan fingerprint density at radius 3 is 3.00 bits per heavy atom. The Morgan fingerprint density at radius 2 is 2.28 bits per heavy atom. The van der Waals surface area contributed by atoms with Crippen LogP contribution in [0.2, 0.25) is 0 Å². The summed E-state index contributed by atoms with van der Waals surface area (Å²) in [6, 6.07) is 6.03. The molecule has 0 aromatic carbocycles. The highest BCUT2D eigenvalue weighted by Gasteiger charge is 2.25. The maximum atomic E-state index is 5.25. The predicted octanol–water partition coefficient (Wildman–Crippen LogP) is 3.64. The van der Waals surface area contributed by atoms with Gasteiger partial charge in [0.15, 0.2) is 5.82 Å². The Bertz CT molecular complexity index is 629. The zero-order chi connectivity index (χ0) is 12.5. The standard InChI is InChI=1S/C14H15N3S/c1-2-9-4-3-7-15-13(9)14-16-11(10-5-6-10)8-12(18)17-14/h3-4,7-8,10H,2,5-6H2,1H3,(H,16,17,18). The van der Waals surface area contributed by atoms with E-state index in [0.717, 1.165) is 17.9 Å². The molecule has 0 saturated heterocycles. The number of nitrogens with one attached hydrogen (secondary N) is 1. The first-order valence-electron chi connectivity index (χ1n) is 6.33. The van der Waals surface area contributed by atoms with Gasteiger partial charge in [0.05, 0.1) is 0 Å². The molecule has 0 bridgehead atoms. The van der Waals surface area contributed by atoms with Crippen molar-refractivity contribution in [3.63, 3.8) is 0 Å². The van der Waals surface area contributed by atoms with E-state index in [9.17, 15) is 0 Å². The molecule has 0 unspecified atom stereocenters. The predicted molar refractivity (Wildman–Crippen MR) is 74.0 cm³/mol. The molecule has 1 saturated carbocycles. The van der Waals surface area contributed by atoms with Crippen LogP contribution in [-0.4, -0.2) is 15.0 Å². The summed E-state index contributed by atoms with van der Waals surface area (Å²) in [4.78, 5) is 12.3. The van der Waals surface area contributed by atoms with Gasteiger partial charge in [-0.1, -0.05) is 25.2 Å². The molecule has 92 valence electrons. The minimum absolute atomic E-state index is 0.641. The van der Waals surface area contributed by atoms with Gasteiger partial charge in [-0.15, -0.1) is 0 Å². The van der Waals surface area contributed by atoms with Crippen LogP contribution >= 0.6 is 12.2 Å². The Labute approximate surface area is 111 Å². The van der Waals surface area contributed by atoms with Crippen molar-refractivity contribution in [2.75, 3.05) is 0 Å². The summed E-state index contributed by atoms with van der Waals surface area (Å²) in [5.74, 6) is 1.45. The van der Waals surface area contributed by atoms with Crippen molar-refractivity contribution in [2.45, 2.75) is 32.1 Å². The lowest BCUT2D eigenvalue weighted by Crippen LogP contribution is -1.99. The zero-order valence-electron chi connectivity index (χ0n) is 10.3. The molecule has 4 heteroatoms. The number of hydrogen-bond acceptors (Lipinski definition) is 3. The molecule has 1 N–H and O–H groups in total. The van der Waals surface area contributed by atoms with E-state index in [1.54, 1.807) is 6.20 Å². The Balaban J connectivity index is 2.13. The number of aryl methyl sites for hydroxylation is 1. The second-order valence-corrected chi connectivity index (χ2v) is 5.08. The quantitative estimate of drug-likeness (QED) is 0.853. The lowest BCUT2D eigenvalue weighted by Gasteiger charge is -2.07. The summed E-state index contributed by atoms with van der Waals surface area (Å²) in [6.07, 6.45) is 5.24. The van der Waals surface area contributed by atoms with Gasteiger partial charge in [-0.05, 0) is 42.9 Å². The molecule has 18 heavy (non-hydrogen) atoms. The fraction of sp³-hybridized carbons (Fsp3) is 0.357. The van der Waals surface area contributed by atoms with Gasteiger partial charge in [0.1, 0.15) is 10.3 Å². The molecular weight excluding hydrogens is 242 g/mol. The normalized spacial score (nSPS) is 14.7. The highest BCUT2D eigenvalue weighted by Crippen LogP contribution is 2.39. The number of H-pyrrole nitrogens is 1. The molecule has 1 fully saturated rings. The van der Waals surface area contributed by atoms with Crippen molar-refractivity contribution in [3.05, 3.63) is 40.3 Å². The molecule has 0 spiro atoms. The Morgan fingerprint density at radius 1 is 1.44 bits per heavy atom. The number of rotatable bonds is 3. The van der Waals surface area contributed by atoms with Gasteiger partial charge in [0.2, 0.25) is 0 Å². The summed E-state index contributed by atoms with van der Waals surface area (Å²) in [7, 11) is 0. The largest absolute Gasteiger partial charge is 0.342 e. The summed E-state index contributed by atoms with van der Waals surface area (Å²) >= 11 is 5.25. The van der Waals surface area contributed by atoms with Crippen molar-refractivity contribution in [1.82, 2.24) is 15.0 Å². The third-order valence-electron chi connectivity index (χ3n) is 3.28. The van der Waals surface area contributed by atoms with Gasteiger partial charge >= 0.3 is 0 Å². The molecule has 3 nitrogen and oxygen atoms in total. The van der Waals surface area contributed by atoms with Gasteiger partial charge in [-0.3, -0.25) is 4.98 Å². The van der Waals surface area contributed by atoms with E-state index in [2.05, 4.69) is 27.9 Å². The molecule has 2 aromatic rings. The van der Waals surface area contributed by atoms with Crippen LogP contribution in [0.3, 0.4) is 0 Å². The smallest absolute Gasteiger partial charge is 0.158 e. The molecule has 0 aliphatic heterocycles. The molecule has 2 heterocycles. The minimum Gasteiger partial charge on any atom is -0.342 e. The third-order valence-corrected chi connectivity index (χ3v) is 3.49. The molecule has 0 atom stereocenters. The lowest BCUT2D eigenvalue weighted by molar-refractivity contribution is 0.973. The van der Waals surface area contributed by atoms with Crippen LogP contribution in [0.15, 0.2) is 24.4 Å². The average Bonchev–Trinajstić information content (AvgIpc) is 3.22. The second-order valence-electron chi connectivity index (χ2n) is 4.66. The summed E-state index contributed by atoms with van der Waals surface area (Å²) in [6.45, 7) is 2.12. The number of nitrogens with zero attached hydrogens (tertiary/aromatic N) is 2. The van der Waals surface area contributed by atoms with Crippen LogP contribution in [0.1, 0.15) is 36.9 Å². The zero-order valence-corrected chi connectivity index (χ0v) is 11.1. The molecule has 3 rings (SSSR count). The van der Waals surface area contributed by atoms with Crippen molar-refractivity contribution < 1.29 is 0 Å². The first-order valence-corrected chi connectivity index (χ1v) is 6.74. The maximum Gasteiger partial charge on any atom is 0.158 e. The molecule has 0 amide bonds. The SMILES string of the molecule is CCc1cccnc1-c1nc(=S)cc(C2CC2)[nH]1. The number of pyridine rings is 1. The van der Waals surface area contributed by atoms with Crippen LogP contribution in [-0.2, 0) is 6.42 Å². The fourth-order valence-corrected chi connectivity index (χ4v) is 2.36. The Kier molecular flexibility index (Phi) is 2.96. The van der Waals surface area contributed by atoms with E-state index in [-0.39, 0.29) is 0 Å². The molecule has 1 aliphatic carbocycles. The molecule has 1 aliphatic rings. The fourth-order valence-electron chi connectivity index (χ4n) is 2.14. The summed E-state index contributed by atoms with van der Waals surface area (Å²) in [5, 5.41) is 0. The number of aromatic amines is 1. The van der Waals surface area contributed by atoms with Crippen LogP contribution < -0.4 is 0 Å². The van der Waals surface area contributed by atoms with E-state index >= 15 is 0 Å². The van der Waals surface area contributed by atoms with Crippen LogP contribution in [0.25, 0.3) is 11.5 Å². The number of hydrogen-bond donors (Lipinski definition) is 1. The molecular formula is C14H15N3S. The topological polar surface area (TPSA) is 41.6 Å². The van der Waals surface area contributed by atoms with Gasteiger partial charge in [0.25, 0.3) is 0 Å². The highest BCUT2D eigenvalue weighted by atomic mass is 32.1. The third kappa shape index (κ3) is 2.20. The van der Waals surface area contributed by atoms with Crippen LogP contribution in [0, 0.1) is 4.64 Å². The van der Waals surface area contributed by atoms with Crippen molar-refractivity contribution in [2.24, 2.45) is 0 Å². The van der Waals surface area contributed by atoms with Gasteiger partial charge < -0.3 is 4.98 Å². The summed E-state index contributed by atoms with van der Waals surface area (Å²) in [5.41, 5.74) is 3.33. The van der Waals surface area contributed by atoms with E-state index in [0.29, 0.717) is 10.6 Å². The lowest BCUT2D eigenvalue weighted by atomic mass is 10.1. The van der Waals surface area contributed by atoms with Crippen LogP contribution in [0.4, 0.5) is 0 Å². The van der Waals surface area contributed by atoms with Crippen LogP contribution in [0.5, 0.6) is 0 Å². The Hall–Kier alpha value is -1.55.